The number of nitrogens with one attached hydrogen (secondary N) is 3. The van der Waals surface area contributed by atoms with E-state index in [9.17, 15) is 4.79 Å². The monoisotopic (exact) mass is 192 g/mol. The van der Waals surface area contributed by atoms with Gasteiger partial charge in [0, 0.05) is 0 Å². The van der Waals surface area contributed by atoms with Crippen LogP contribution in [0.1, 0.15) is 19.3 Å². The van der Waals surface area contributed by atoms with Gasteiger partial charge in [0.25, 0.3) is 0 Å². The lowest BCUT2D eigenvalue weighted by Crippen LogP contribution is -2.72. The van der Waals surface area contributed by atoms with Crippen LogP contribution in [0.25, 0.3) is 0 Å². The highest BCUT2D eigenvalue weighted by Gasteiger charge is 2.49. The largest absolute Gasteiger partial charge is 0.356 e. The van der Waals surface area contributed by atoms with Crippen LogP contribution >= 0.6 is 0 Å². The van der Waals surface area contributed by atoms with Gasteiger partial charge in [-0.15, -0.1) is 0 Å². The van der Waals surface area contributed by atoms with E-state index in [1.807, 2.05) is 0 Å². The van der Waals surface area contributed by atoms with Crippen molar-refractivity contribution in [1.82, 2.24) is 16.0 Å². The van der Waals surface area contributed by atoms with Gasteiger partial charge in [-0.2, -0.15) is 0 Å². The molecule has 0 aromatic rings. The van der Waals surface area contributed by atoms with Crippen molar-refractivity contribution in [2.75, 3.05) is 0 Å². The molecule has 1 saturated heterocycles. The third-order valence-corrected chi connectivity index (χ3v) is 3.16. The number of hydrogen-bond donors (Lipinski definition) is 3. The third-order valence-electron chi connectivity index (χ3n) is 3.16. The summed E-state index contributed by atoms with van der Waals surface area (Å²) in [6.45, 7) is 0. The number of carbonyl (C=O) groups excluding carboxylic acids is 1. The first-order valence-electron chi connectivity index (χ1n) is 4.87. The van der Waals surface area contributed by atoms with Gasteiger partial charge in [-0.1, -0.05) is 0 Å². The minimum Gasteiger partial charge on any atom is -0.356 e. The Morgan fingerprint density at radius 3 is 3.07 bits per heavy atom. The van der Waals surface area contributed by atoms with E-state index >= 15 is 0 Å². The topological polar surface area (TPSA) is 65.5 Å². The van der Waals surface area contributed by atoms with E-state index in [2.05, 4.69) is 20.9 Å². The van der Waals surface area contributed by atoms with Crippen LogP contribution in [-0.2, 0) is 4.79 Å². The maximum absolute atomic E-state index is 11.8. The SMILES string of the molecule is O=C1NC2=CN=CNC2NC12CCC2. The molecule has 2 aliphatic heterocycles. The van der Waals surface area contributed by atoms with Gasteiger partial charge in [0.1, 0.15) is 11.7 Å². The fraction of sp³-hybridized carbons (Fsp3) is 0.556. The van der Waals surface area contributed by atoms with Crippen LogP contribution < -0.4 is 16.0 Å². The number of aliphatic imine (C=N–C) groups is 1. The van der Waals surface area contributed by atoms with Crippen molar-refractivity contribution >= 4 is 12.2 Å². The minimum absolute atomic E-state index is 0.0190. The second kappa shape index (κ2) is 2.57. The zero-order valence-electron chi connectivity index (χ0n) is 7.71. The van der Waals surface area contributed by atoms with Crippen molar-refractivity contribution in [2.45, 2.75) is 31.0 Å². The lowest BCUT2D eigenvalue weighted by Gasteiger charge is -2.48. The molecule has 1 spiro atoms. The molecular weight excluding hydrogens is 180 g/mol. The first-order chi connectivity index (χ1) is 6.80. The lowest BCUT2D eigenvalue weighted by molar-refractivity contribution is -0.132. The summed E-state index contributed by atoms with van der Waals surface area (Å²) >= 11 is 0. The van der Waals surface area contributed by atoms with Gasteiger partial charge in [-0.05, 0) is 19.3 Å². The Kier molecular flexibility index (Phi) is 1.47. The number of amides is 1. The summed E-state index contributed by atoms with van der Waals surface area (Å²) in [6.07, 6.45) is 6.33. The third kappa shape index (κ3) is 0.928. The van der Waals surface area contributed by atoms with Crippen LogP contribution in [0.2, 0.25) is 0 Å². The fourth-order valence-corrected chi connectivity index (χ4v) is 2.12. The van der Waals surface area contributed by atoms with Crippen LogP contribution in [0.15, 0.2) is 16.9 Å². The Morgan fingerprint density at radius 1 is 1.50 bits per heavy atom. The highest BCUT2D eigenvalue weighted by Crippen LogP contribution is 2.35. The summed E-state index contributed by atoms with van der Waals surface area (Å²) in [4.78, 5) is 15.7. The molecule has 3 aliphatic rings. The number of piperazine rings is 1. The van der Waals surface area contributed by atoms with Crippen LogP contribution in [-0.4, -0.2) is 24.0 Å². The summed E-state index contributed by atoms with van der Waals surface area (Å²) in [6, 6.07) is 0. The van der Waals surface area contributed by atoms with E-state index in [0.29, 0.717) is 0 Å². The predicted octanol–water partition coefficient (Wildman–Crippen LogP) is -0.573. The Bertz CT molecular complexity index is 343. The maximum atomic E-state index is 11.8. The van der Waals surface area contributed by atoms with E-state index < -0.39 is 0 Å². The molecule has 1 saturated carbocycles. The Balaban J connectivity index is 1.88. The van der Waals surface area contributed by atoms with Crippen molar-refractivity contribution in [3.8, 4) is 0 Å². The average Bonchev–Trinajstić information content (AvgIpc) is 2.14. The van der Waals surface area contributed by atoms with Crippen LogP contribution in [0, 0.1) is 0 Å². The molecule has 14 heavy (non-hydrogen) atoms. The average molecular weight is 192 g/mol. The van der Waals surface area contributed by atoms with Gasteiger partial charge in [0.05, 0.1) is 18.2 Å². The molecule has 3 rings (SSSR count). The van der Waals surface area contributed by atoms with Gasteiger partial charge in [0.15, 0.2) is 0 Å². The first kappa shape index (κ1) is 7.99. The van der Waals surface area contributed by atoms with E-state index in [0.717, 1.165) is 25.0 Å². The molecule has 0 aromatic carbocycles. The van der Waals surface area contributed by atoms with E-state index in [4.69, 9.17) is 0 Å². The number of nitrogens with zero attached hydrogens (tertiary/aromatic N) is 1. The summed E-state index contributed by atoms with van der Waals surface area (Å²) < 4.78 is 0. The summed E-state index contributed by atoms with van der Waals surface area (Å²) in [7, 11) is 0. The number of fused-ring (bicyclic) bond motifs is 1. The van der Waals surface area contributed by atoms with Crippen molar-refractivity contribution in [3.63, 3.8) is 0 Å². The van der Waals surface area contributed by atoms with E-state index in [-0.39, 0.29) is 17.6 Å². The molecule has 1 aliphatic carbocycles. The highest BCUT2D eigenvalue weighted by atomic mass is 16.2. The quantitative estimate of drug-likeness (QED) is 0.481. The van der Waals surface area contributed by atoms with Crippen LogP contribution in [0.3, 0.4) is 0 Å². The Morgan fingerprint density at radius 2 is 2.36 bits per heavy atom. The molecule has 3 N–H and O–H groups in total. The minimum atomic E-state index is -0.319. The van der Waals surface area contributed by atoms with Gasteiger partial charge in [0.2, 0.25) is 5.91 Å². The Hall–Kier alpha value is -1.36. The second-order valence-electron chi connectivity index (χ2n) is 4.00. The van der Waals surface area contributed by atoms with Gasteiger partial charge < -0.3 is 10.6 Å². The summed E-state index contributed by atoms with van der Waals surface area (Å²) in [5, 5.41) is 9.31. The van der Waals surface area contributed by atoms with Crippen molar-refractivity contribution in [3.05, 3.63) is 11.9 Å². The molecular formula is C9H12N4O. The first-order valence-corrected chi connectivity index (χ1v) is 4.87. The van der Waals surface area contributed by atoms with Crippen molar-refractivity contribution in [1.29, 1.82) is 0 Å². The summed E-state index contributed by atoms with van der Waals surface area (Å²) in [5.41, 5.74) is 0.496. The molecule has 2 fully saturated rings. The molecule has 0 radical (unpaired) electrons. The molecule has 74 valence electrons. The van der Waals surface area contributed by atoms with Crippen LogP contribution in [0.4, 0.5) is 0 Å². The number of carbonyl (C=O) groups is 1. The maximum Gasteiger partial charge on any atom is 0.244 e. The summed E-state index contributed by atoms with van der Waals surface area (Å²) in [5.74, 6) is 0.0881. The highest BCUT2D eigenvalue weighted by molar-refractivity contribution is 5.90. The van der Waals surface area contributed by atoms with Crippen molar-refractivity contribution in [2.24, 2.45) is 4.99 Å². The van der Waals surface area contributed by atoms with E-state index in [1.165, 1.54) is 0 Å². The zero-order chi connectivity index (χ0) is 9.60. The van der Waals surface area contributed by atoms with Gasteiger partial charge in [-0.25, -0.2) is 4.99 Å². The molecule has 2 heterocycles. The smallest absolute Gasteiger partial charge is 0.244 e. The number of hydrogen-bond acceptors (Lipinski definition) is 4. The molecule has 5 nitrogen and oxygen atoms in total. The molecule has 0 aromatic heterocycles. The zero-order valence-corrected chi connectivity index (χ0v) is 7.71. The molecule has 1 amide bonds. The lowest BCUT2D eigenvalue weighted by atomic mass is 9.74. The van der Waals surface area contributed by atoms with E-state index in [1.54, 1.807) is 12.5 Å². The Labute approximate surface area is 81.7 Å². The fourth-order valence-electron chi connectivity index (χ4n) is 2.12. The molecule has 1 atom stereocenters. The number of rotatable bonds is 0. The second-order valence-corrected chi connectivity index (χ2v) is 4.00. The molecule has 0 bridgehead atoms. The van der Waals surface area contributed by atoms with Gasteiger partial charge in [-0.3, -0.25) is 10.1 Å². The molecule has 5 heteroatoms. The van der Waals surface area contributed by atoms with Gasteiger partial charge >= 0.3 is 0 Å². The van der Waals surface area contributed by atoms with Crippen LogP contribution in [0.5, 0.6) is 0 Å². The normalized spacial score (nSPS) is 32.4. The molecule has 1 unspecified atom stereocenters. The standard InChI is InChI=1S/C9H12N4O/c14-8-9(2-1-3-9)13-7-6(12-8)4-10-5-11-7/h4-5,7,13H,1-3H2,(H,10,11)(H,12,14). The van der Waals surface area contributed by atoms with Crippen molar-refractivity contribution < 1.29 is 4.79 Å². The predicted molar refractivity (Wildman–Crippen MR) is 51.4 cm³/mol.